The first-order valence-corrected chi connectivity index (χ1v) is 13.5. The van der Waals surface area contributed by atoms with Gasteiger partial charge in [0, 0.05) is 47.5 Å². The number of nitrogens with one attached hydrogen (secondary N) is 3. The minimum Gasteiger partial charge on any atom is -0.366 e. The highest BCUT2D eigenvalue weighted by molar-refractivity contribution is 5.93. The van der Waals surface area contributed by atoms with Crippen molar-refractivity contribution in [3.8, 4) is 11.4 Å². The summed E-state index contributed by atoms with van der Waals surface area (Å²) < 4.78 is 1.84. The average Bonchev–Trinajstić information content (AvgIpc) is 3.88. The van der Waals surface area contributed by atoms with Crippen LogP contribution >= 0.6 is 0 Å². The molecular weight excluding hydrogens is 474 g/mol. The van der Waals surface area contributed by atoms with E-state index in [4.69, 9.17) is 9.97 Å². The van der Waals surface area contributed by atoms with Gasteiger partial charge in [-0.15, -0.1) is 0 Å². The highest BCUT2D eigenvalue weighted by atomic mass is 15.2. The minimum absolute atomic E-state index is 0.353. The number of aromatic nitrogens is 6. The van der Waals surface area contributed by atoms with Crippen molar-refractivity contribution in [3.63, 3.8) is 0 Å². The summed E-state index contributed by atoms with van der Waals surface area (Å²) in [6, 6.07) is 10.4. The number of anilines is 3. The van der Waals surface area contributed by atoms with E-state index in [9.17, 15) is 0 Å². The molecule has 2 saturated carbocycles. The highest BCUT2D eigenvalue weighted by Gasteiger charge is 2.50. The quantitative estimate of drug-likeness (QED) is 0.300. The van der Waals surface area contributed by atoms with E-state index in [1.54, 1.807) is 12.4 Å². The maximum atomic E-state index is 5.17. The van der Waals surface area contributed by atoms with Gasteiger partial charge in [-0.1, -0.05) is 0 Å². The second-order valence-corrected chi connectivity index (χ2v) is 11.0. The maximum Gasteiger partial charge on any atom is 0.162 e. The van der Waals surface area contributed by atoms with Crippen molar-refractivity contribution in [3.05, 3.63) is 66.9 Å². The molecule has 0 bridgehead atoms. The number of fused-ring (bicyclic) bond motifs is 2. The van der Waals surface area contributed by atoms with Crippen LogP contribution in [-0.4, -0.2) is 48.7 Å². The molecule has 1 spiro atoms. The van der Waals surface area contributed by atoms with Gasteiger partial charge in [0.1, 0.15) is 11.6 Å². The molecule has 3 N–H and O–H groups in total. The van der Waals surface area contributed by atoms with Crippen LogP contribution in [0.25, 0.3) is 27.8 Å². The van der Waals surface area contributed by atoms with Crippen LogP contribution in [0.5, 0.6) is 0 Å². The fourth-order valence-electron chi connectivity index (χ4n) is 5.91. The smallest absolute Gasteiger partial charge is 0.162 e. The Morgan fingerprint density at radius 3 is 2.84 bits per heavy atom. The Balaban J connectivity index is 1.18. The Bertz CT molecular complexity index is 1670. The van der Waals surface area contributed by atoms with Crippen LogP contribution in [0.4, 0.5) is 17.3 Å². The molecular formula is C29H29N9. The molecule has 3 fully saturated rings. The lowest BCUT2D eigenvalue weighted by molar-refractivity contribution is 0.322. The molecule has 5 aromatic heterocycles. The van der Waals surface area contributed by atoms with Gasteiger partial charge in [-0.25, -0.2) is 19.5 Å². The predicted molar refractivity (Wildman–Crippen MR) is 148 cm³/mol. The minimum atomic E-state index is 0.353. The van der Waals surface area contributed by atoms with Crippen molar-refractivity contribution in [2.45, 2.75) is 44.1 Å². The van der Waals surface area contributed by atoms with Crippen molar-refractivity contribution in [2.75, 3.05) is 23.7 Å². The molecule has 190 valence electrons. The largest absolute Gasteiger partial charge is 0.366 e. The van der Waals surface area contributed by atoms with Gasteiger partial charge in [0.05, 0.1) is 29.1 Å². The van der Waals surface area contributed by atoms with Crippen LogP contribution in [0.2, 0.25) is 0 Å². The van der Waals surface area contributed by atoms with Gasteiger partial charge in [-0.2, -0.15) is 5.10 Å². The Morgan fingerprint density at radius 1 is 1.00 bits per heavy atom. The van der Waals surface area contributed by atoms with Gasteiger partial charge in [0.15, 0.2) is 5.82 Å². The van der Waals surface area contributed by atoms with E-state index in [1.807, 2.05) is 53.4 Å². The standard InChI is InChI=1S/C29H29N9/c1-2-18(1)22-14-31-15-23-26(22)28(36-24-7-10-30-17-29(24)8-9-29)37-27(35-23)19-5-11-32-25(13-19)34-20-3-4-21-6-12-33-38(21)16-20/h3-6,11-16,18,24,30H,1-2,7-10,17H2,(H,32,34)(H,35,36,37). The summed E-state index contributed by atoms with van der Waals surface area (Å²) in [4.78, 5) is 19.3. The summed E-state index contributed by atoms with van der Waals surface area (Å²) >= 11 is 0. The molecule has 8 rings (SSSR count). The third-order valence-electron chi connectivity index (χ3n) is 8.37. The normalized spacial score (nSPS) is 20.2. The summed E-state index contributed by atoms with van der Waals surface area (Å²) in [5.74, 6) is 2.92. The molecule has 1 aliphatic heterocycles. The topological polar surface area (TPSA) is 105 Å². The zero-order valence-corrected chi connectivity index (χ0v) is 21.1. The van der Waals surface area contributed by atoms with Crippen LogP contribution in [0.1, 0.15) is 43.6 Å². The number of pyridine rings is 3. The molecule has 9 nitrogen and oxygen atoms in total. The molecule has 1 atom stereocenters. The van der Waals surface area contributed by atoms with Crippen molar-refractivity contribution >= 4 is 33.7 Å². The monoisotopic (exact) mass is 503 g/mol. The Kier molecular flexibility index (Phi) is 4.88. The van der Waals surface area contributed by atoms with Gasteiger partial charge >= 0.3 is 0 Å². The number of piperidine rings is 1. The summed E-state index contributed by atoms with van der Waals surface area (Å²) in [6.07, 6.45) is 15.5. The predicted octanol–water partition coefficient (Wildman–Crippen LogP) is 4.91. The van der Waals surface area contributed by atoms with Crippen LogP contribution in [-0.2, 0) is 0 Å². The van der Waals surface area contributed by atoms with Crippen LogP contribution in [0, 0.1) is 5.41 Å². The lowest BCUT2D eigenvalue weighted by Gasteiger charge is -2.34. The second kappa shape index (κ2) is 8.46. The van der Waals surface area contributed by atoms with Crippen LogP contribution in [0.15, 0.2) is 61.3 Å². The average molecular weight is 504 g/mol. The zero-order chi connectivity index (χ0) is 25.1. The van der Waals surface area contributed by atoms with E-state index in [0.717, 1.165) is 58.8 Å². The lowest BCUT2D eigenvalue weighted by Crippen LogP contribution is -2.45. The molecule has 0 radical (unpaired) electrons. The van der Waals surface area contributed by atoms with E-state index >= 15 is 0 Å². The van der Waals surface area contributed by atoms with Gasteiger partial charge in [0.25, 0.3) is 0 Å². The van der Waals surface area contributed by atoms with Gasteiger partial charge < -0.3 is 16.0 Å². The number of nitrogens with zero attached hydrogens (tertiary/aromatic N) is 6. The van der Waals surface area contributed by atoms with Gasteiger partial charge in [-0.05, 0) is 80.5 Å². The number of hydrogen-bond donors (Lipinski definition) is 3. The summed E-state index contributed by atoms with van der Waals surface area (Å²) in [7, 11) is 0. The van der Waals surface area contributed by atoms with E-state index < -0.39 is 0 Å². The molecule has 1 unspecified atom stereocenters. The molecule has 3 aliphatic rings. The number of hydrogen-bond acceptors (Lipinski definition) is 8. The molecule has 6 heterocycles. The molecule has 38 heavy (non-hydrogen) atoms. The summed E-state index contributed by atoms with van der Waals surface area (Å²) in [5.41, 5.74) is 5.40. The molecule has 2 aliphatic carbocycles. The second-order valence-electron chi connectivity index (χ2n) is 11.0. The Morgan fingerprint density at radius 2 is 1.95 bits per heavy atom. The van der Waals surface area contributed by atoms with E-state index in [1.165, 1.54) is 31.2 Å². The fraction of sp³-hybridized carbons (Fsp3) is 0.345. The highest BCUT2D eigenvalue weighted by Crippen LogP contribution is 2.52. The maximum absolute atomic E-state index is 5.17. The van der Waals surface area contributed by atoms with Gasteiger partial charge in [0.2, 0.25) is 0 Å². The lowest BCUT2D eigenvalue weighted by atomic mass is 9.90. The molecule has 5 aromatic rings. The zero-order valence-electron chi connectivity index (χ0n) is 21.1. The summed E-state index contributed by atoms with van der Waals surface area (Å²) in [5, 5.41) is 16.4. The Hall–Kier alpha value is -4.11. The molecule has 9 heteroatoms. The number of rotatable bonds is 6. The first-order chi connectivity index (χ1) is 18.7. The first-order valence-electron chi connectivity index (χ1n) is 13.5. The fourth-order valence-corrected chi connectivity index (χ4v) is 5.91. The molecule has 0 aromatic carbocycles. The molecule has 0 amide bonds. The summed E-state index contributed by atoms with van der Waals surface area (Å²) in [6.45, 7) is 2.12. The Labute approximate surface area is 220 Å². The first kappa shape index (κ1) is 21.9. The molecule has 1 saturated heterocycles. The van der Waals surface area contributed by atoms with E-state index in [-0.39, 0.29) is 0 Å². The van der Waals surface area contributed by atoms with Crippen molar-refractivity contribution in [2.24, 2.45) is 5.41 Å². The van der Waals surface area contributed by atoms with Crippen LogP contribution in [0.3, 0.4) is 0 Å². The third kappa shape index (κ3) is 3.85. The van der Waals surface area contributed by atoms with Crippen molar-refractivity contribution in [1.82, 2.24) is 34.9 Å². The van der Waals surface area contributed by atoms with Crippen molar-refractivity contribution < 1.29 is 0 Å². The van der Waals surface area contributed by atoms with E-state index in [2.05, 4.69) is 31.0 Å². The van der Waals surface area contributed by atoms with Crippen molar-refractivity contribution in [1.29, 1.82) is 0 Å². The van der Waals surface area contributed by atoms with Crippen LogP contribution < -0.4 is 16.0 Å². The third-order valence-corrected chi connectivity index (χ3v) is 8.37. The van der Waals surface area contributed by atoms with Gasteiger partial charge in [-0.3, -0.25) is 4.98 Å². The van der Waals surface area contributed by atoms with E-state index in [0.29, 0.717) is 23.2 Å². The SMILES string of the molecule is c1cc(-c2nc(NC3CCNCC34CC4)c3c(C4CC4)cncc3n2)cc(Nc2ccc3ccnn3c2)n1.